The van der Waals surface area contributed by atoms with Crippen molar-refractivity contribution in [1.82, 2.24) is 5.32 Å². The van der Waals surface area contributed by atoms with Gasteiger partial charge in [-0.3, -0.25) is 0 Å². The number of hydrogen-bond acceptors (Lipinski definition) is 4. The normalized spacial score (nSPS) is 13.7. The monoisotopic (exact) mass is 289 g/mol. The molecule has 1 N–H and O–H groups in total. The smallest absolute Gasteiger partial charge is 0.123 e. The topological polar surface area (TPSA) is 43.6 Å². The van der Waals surface area contributed by atoms with Crippen LogP contribution in [0.4, 0.5) is 0 Å². The first-order valence-corrected chi connectivity index (χ1v) is 7.21. The Balaban J connectivity index is 2.20. The maximum Gasteiger partial charge on any atom is 0.123 e. The van der Waals surface area contributed by atoms with Gasteiger partial charge in [-0.05, 0) is 43.7 Å². The molecule has 1 aromatic carbocycles. The molecule has 0 aliphatic carbocycles. The molecule has 1 heterocycles. The number of hydrogen-bond donors (Lipinski definition) is 1. The predicted molar refractivity (Wildman–Crippen MR) is 82.8 cm³/mol. The third-order valence-corrected chi connectivity index (χ3v) is 3.65. The quantitative estimate of drug-likeness (QED) is 0.833. The molecule has 0 bridgehead atoms. The maximum absolute atomic E-state index is 5.51. The summed E-state index contributed by atoms with van der Waals surface area (Å²) >= 11 is 0. The second kappa shape index (κ2) is 7.18. The van der Waals surface area contributed by atoms with E-state index in [1.807, 2.05) is 30.3 Å². The standard InChI is InChI=1S/C17H23NO3/c1-5-15(17-7-6-10-21-17)18-12(2)14-11-13(19-3)8-9-16(14)20-4/h6-12,15,18H,5H2,1-4H3. The highest BCUT2D eigenvalue weighted by Gasteiger charge is 2.19. The average Bonchev–Trinajstić information content (AvgIpc) is 3.05. The summed E-state index contributed by atoms with van der Waals surface area (Å²) in [5, 5.41) is 3.58. The van der Waals surface area contributed by atoms with Crippen LogP contribution in [0.3, 0.4) is 0 Å². The van der Waals surface area contributed by atoms with Crippen LogP contribution in [0.2, 0.25) is 0 Å². The van der Waals surface area contributed by atoms with Crippen molar-refractivity contribution in [3.05, 3.63) is 47.9 Å². The van der Waals surface area contributed by atoms with E-state index in [9.17, 15) is 0 Å². The highest BCUT2D eigenvalue weighted by Crippen LogP contribution is 2.31. The fourth-order valence-electron chi connectivity index (χ4n) is 2.46. The van der Waals surface area contributed by atoms with Crippen LogP contribution >= 0.6 is 0 Å². The third kappa shape index (κ3) is 3.58. The van der Waals surface area contributed by atoms with Crippen LogP contribution in [0.5, 0.6) is 11.5 Å². The van der Waals surface area contributed by atoms with Crippen molar-refractivity contribution in [3.63, 3.8) is 0 Å². The van der Waals surface area contributed by atoms with Gasteiger partial charge in [-0.1, -0.05) is 6.92 Å². The molecular weight excluding hydrogens is 266 g/mol. The zero-order valence-corrected chi connectivity index (χ0v) is 13.1. The minimum Gasteiger partial charge on any atom is -0.497 e. The molecule has 4 heteroatoms. The van der Waals surface area contributed by atoms with Crippen molar-refractivity contribution in [2.75, 3.05) is 14.2 Å². The molecule has 0 saturated carbocycles. The molecular formula is C17H23NO3. The Morgan fingerprint density at radius 3 is 2.57 bits per heavy atom. The van der Waals surface area contributed by atoms with Gasteiger partial charge < -0.3 is 19.2 Å². The molecule has 0 aliphatic heterocycles. The first-order valence-electron chi connectivity index (χ1n) is 7.21. The highest BCUT2D eigenvalue weighted by molar-refractivity contribution is 5.42. The van der Waals surface area contributed by atoms with Gasteiger partial charge in [0.2, 0.25) is 0 Å². The van der Waals surface area contributed by atoms with E-state index in [1.54, 1.807) is 20.5 Å². The maximum atomic E-state index is 5.51. The molecule has 0 radical (unpaired) electrons. The summed E-state index contributed by atoms with van der Waals surface area (Å²) in [4.78, 5) is 0. The average molecular weight is 289 g/mol. The lowest BCUT2D eigenvalue weighted by Crippen LogP contribution is -2.24. The number of methoxy groups -OCH3 is 2. The molecule has 0 saturated heterocycles. The number of furan rings is 1. The number of nitrogens with one attached hydrogen (secondary N) is 1. The predicted octanol–water partition coefficient (Wildman–Crippen LogP) is 4.10. The van der Waals surface area contributed by atoms with Crippen LogP contribution in [0.25, 0.3) is 0 Å². The van der Waals surface area contributed by atoms with Crippen molar-refractivity contribution in [3.8, 4) is 11.5 Å². The van der Waals surface area contributed by atoms with Crippen molar-refractivity contribution < 1.29 is 13.9 Å². The molecule has 2 rings (SSSR count). The third-order valence-electron chi connectivity index (χ3n) is 3.65. The SMILES string of the molecule is CCC(NC(C)c1cc(OC)ccc1OC)c1ccco1. The Morgan fingerprint density at radius 1 is 1.19 bits per heavy atom. The summed E-state index contributed by atoms with van der Waals surface area (Å²) in [5.41, 5.74) is 1.07. The summed E-state index contributed by atoms with van der Waals surface area (Å²) < 4.78 is 16.3. The Kier molecular flexibility index (Phi) is 5.28. The van der Waals surface area contributed by atoms with E-state index in [2.05, 4.69) is 19.2 Å². The van der Waals surface area contributed by atoms with Gasteiger partial charge in [0.1, 0.15) is 17.3 Å². The van der Waals surface area contributed by atoms with Crippen LogP contribution in [-0.2, 0) is 0 Å². The van der Waals surface area contributed by atoms with Gasteiger partial charge in [-0.25, -0.2) is 0 Å². The second-order valence-electron chi connectivity index (χ2n) is 4.97. The Morgan fingerprint density at radius 2 is 2.00 bits per heavy atom. The molecule has 0 fully saturated rings. The fraction of sp³-hybridized carbons (Fsp3) is 0.412. The molecule has 0 amide bonds. The fourth-order valence-corrected chi connectivity index (χ4v) is 2.46. The van der Waals surface area contributed by atoms with E-state index in [0.717, 1.165) is 29.2 Å². The van der Waals surface area contributed by atoms with Gasteiger partial charge in [-0.15, -0.1) is 0 Å². The van der Waals surface area contributed by atoms with Crippen molar-refractivity contribution in [1.29, 1.82) is 0 Å². The largest absolute Gasteiger partial charge is 0.497 e. The van der Waals surface area contributed by atoms with Crippen LogP contribution in [-0.4, -0.2) is 14.2 Å². The van der Waals surface area contributed by atoms with Crippen LogP contribution in [0.1, 0.15) is 43.7 Å². The zero-order valence-electron chi connectivity index (χ0n) is 13.1. The van der Waals surface area contributed by atoms with E-state index in [4.69, 9.17) is 13.9 Å². The summed E-state index contributed by atoms with van der Waals surface area (Å²) in [7, 11) is 3.35. The molecule has 114 valence electrons. The minimum absolute atomic E-state index is 0.116. The summed E-state index contributed by atoms with van der Waals surface area (Å²) in [6.07, 6.45) is 2.65. The van der Waals surface area contributed by atoms with Gasteiger partial charge in [0.05, 0.1) is 26.5 Å². The van der Waals surface area contributed by atoms with Gasteiger partial charge >= 0.3 is 0 Å². The van der Waals surface area contributed by atoms with Crippen molar-refractivity contribution in [2.45, 2.75) is 32.4 Å². The molecule has 1 aromatic heterocycles. The van der Waals surface area contributed by atoms with Crippen molar-refractivity contribution in [2.24, 2.45) is 0 Å². The first kappa shape index (κ1) is 15.4. The highest BCUT2D eigenvalue weighted by atomic mass is 16.5. The van der Waals surface area contributed by atoms with Gasteiger partial charge in [0.25, 0.3) is 0 Å². The molecule has 2 atom stereocenters. The molecule has 2 aromatic rings. The van der Waals surface area contributed by atoms with Crippen molar-refractivity contribution >= 4 is 0 Å². The van der Waals surface area contributed by atoms with E-state index < -0.39 is 0 Å². The molecule has 0 spiro atoms. The molecule has 4 nitrogen and oxygen atoms in total. The van der Waals surface area contributed by atoms with Crippen LogP contribution in [0.15, 0.2) is 41.0 Å². The lowest BCUT2D eigenvalue weighted by Gasteiger charge is -2.23. The van der Waals surface area contributed by atoms with Gasteiger partial charge in [0, 0.05) is 11.6 Å². The Labute approximate surface area is 126 Å². The van der Waals surface area contributed by atoms with Crippen LogP contribution in [0, 0.1) is 0 Å². The van der Waals surface area contributed by atoms with Gasteiger partial charge in [-0.2, -0.15) is 0 Å². The number of ether oxygens (including phenoxy) is 2. The summed E-state index contributed by atoms with van der Waals surface area (Å²) in [6, 6.07) is 10.0. The van der Waals surface area contributed by atoms with E-state index in [-0.39, 0.29) is 12.1 Å². The molecule has 2 unspecified atom stereocenters. The van der Waals surface area contributed by atoms with Gasteiger partial charge in [0.15, 0.2) is 0 Å². The minimum atomic E-state index is 0.116. The Bertz CT molecular complexity index is 551. The van der Waals surface area contributed by atoms with E-state index in [0.29, 0.717) is 0 Å². The zero-order chi connectivity index (χ0) is 15.2. The van der Waals surface area contributed by atoms with E-state index >= 15 is 0 Å². The number of benzene rings is 1. The second-order valence-corrected chi connectivity index (χ2v) is 4.97. The summed E-state index contributed by atoms with van der Waals surface area (Å²) in [5.74, 6) is 2.63. The molecule has 21 heavy (non-hydrogen) atoms. The number of rotatable bonds is 7. The summed E-state index contributed by atoms with van der Waals surface area (Å²) in [6.45, 7) is 4.25. The Hall–Kier alpha value is -1.94. The first-order chi connectivity index (χ1) is 10.2. The molecule has 0 aliphatic rings. The lowest BCUT2D eigenvalue weighted by atomic mass is 10.0. The lowest BCUT2D eigenvalue weighted by molar-refractivity contribution is 0.360. The van der Waals surface area contributed by atoms with Crippen LogP contribution < -0.4 is 14.8 Å². The van der Waals surface area contributed by atoms with E-state index in [1.165, 1.54) is 0 Å².